The molecule has 0 bridgehead atoms. The van der Waals surface area contributed by atoms with E-state index in [4.69, 9.17) is 0 Å². The second-order valence-electron chi connectivity index (χ2n) is 4.24. The van der Waals surface area contributed by atoms with Gasteiger partial charge in [0.2, 0.25) is 5.95 Å². The van der Waals surface area contributed by atoms with Crippen LogP contribution in [0.15, 0.2) is 40.5 Å². The lowest BCUT2D eigenvalue weighted by Gasteiger charge is -1.95. The second kappa shape index (κ2) is 5.44. The molecule has 110 valence electrons. The monoisotopic (exact) mass is 299 g/mol. The molecule has 2 heterocycles. The molecule has 0 aliphatic carbocycles. The van der Waals surface area contributed by atoms with Crippen LogP contribution in [0.3, 0.4) is 0 Å². The van der Waals surface area contributed by atoms with Crippen molar-refractivity contribution in [3.8, 4) is 0 Å². The molecule has 0 aliphatic heterocycles. The van der Waals surface area contributed by atoms with Gasteiger partial charge in [0.1, 0.15) is 0 Å². The lowest BCUT2D eigenvalue weighted by molar-refractivity contribution is -0.384. The Balaban J connectivity index is 1.78. The fourth-order valence-electron chi connectivity index (χ4n) is 1.78. The quantitative estimate of drug-likeness (QED) is 0.372. The van der Waals surface area contributed by atoms with Crippen molar-refractivity contribution in [3.63, 3.8) is 0 Å². The number of hydrogen-bond donors (Lipinski definition) is 3. The highest BCUT2D eigenvalue weighted by Crippen LogP contribution is 2.12. The molecule has 0 saturated carbocycles. The third-order valence-electron chi connectivity index (χ3n) is 2.76. The van der Waals surface area contributed by atoms with Crippen LogP contribution in [0.5, 0.6) is 0 Å². The van der Waals surface area contributed by atoms with Crippen molar-refractivity contribution >= 4 is 29.0 Å². The molecule has 22 heavy (non-hydrogen) atoms. The third-order valence-corrected chi connectivity index (χ3v) is 2.76. The van der Waals surface area contributed by atoms with Crippen molar-refractivity contribution in [2.24, 2.45) is 5.10 Å². The highest BCUT2D eigenvalue weighted by Gasteiger charge is 2.06. The number of nitrogens with zero attached hydrogens (tertiary/aromatic N) is 4. The second-order valence-corrected chi connectivity index (χ2v) is 4.24. The molecule has 0 saturated heterocycles. The first-order chi connectivity index (χ1) is 10.6. The van der Waals surface area contributed by atoms with Crippen molar-refractivity contribution in [1.29, 1.82) is 0 Å². The number of nitro groups is 1. The first kappa shape index (κ1) is 13.4. The van der Waals surface area contributed by atoms with Gasteiger partial charge in [-0.2, -0.15) is 10.1 Å². The van der Waals surface area contributed by atoms with E-state index in [1.165, 1.54) is 24.7 Å². The van der Waals surface area contributed by atoms with Crippen LogP contribution in [-0.4, -0.2) is 31.1 Å². The van der Waals surface area contributed by atoms with E-state index in [1.54, 1.807) is 12.1 Å². The minimum absolute atomic E-state index is 0.0246. The minimum atomic E-state index is -0.484. The van der Waals surface area contributed by atoms with Gasteiger partial charge in [0, 0.05) is 17.7 Å². The van der Waals surface area contributed by atoms with E-state index in [0.29, 0.717) is 5.56 Å². The molecule has 0 spiro atoms. The zero-order valence-electron chi connectivity index (χ0n) is 11.0. The summed E-state index contributed by atoms with van der Waals surface area (Å²) in [6.07, 6.45) is 2.65. The van der Waals surface area contributed by atoms with Crippen LogP contribution in [0.2, 0.25) is 0 Å². The number of fused-ring (bicyclic) bond motifs is 1. The van der Waals surface area contributed by atoms with Gasteiger partial charge in [0.15, 0.2) is 11.2 Å². The predicted octanol–water partition coefficient (Wildman–Crippen LogP) is 1.00. The Morgan fingerprint density at radius 1 is 1.41 bits per heavy atom. The maximum absolute atomic E-state index is 11.5. The number of nitrogens with one attached hydrogen (secondary N) is 3. The summed E-state index contributed by atoms with van der Waals surface area (Å²) in [6.45, 7) is 0. The van der Waals surface area contributed by atoms with E-state index in [2.05, 4.69) is 30.5 Å². The molecule has 3 rings (SSSR count). The summed E-state index contributed by atoms with van der Waals surface area (Å²) >= 11 is 0. The molecule has 3 N–H and O–H groups in total. The van der Waals surface area contributed by atoms with Crippen molar-refractivity contribution in [2.75, 3.05) is 5.43 Å². The summed E-state index contributed by atoms with van der Waals surface area (Å²) < 4.78 is 0. The van der Waals surface area contributed by atoms with Crippen LogP contribution in [0.25, 0.3) is 11.2 Å². The maximum Gasteiger partial charge on any atom is 0.276 e. The summed E-state index contributed by atoms with van der Waals surface area (Å²) in [5.74, 6) is 0.237. The number of aromatic nitrogens is 4. The molecular formula is C12H9N7O3. The number of rotatable bonds is 4. The molecule has 0 atom stereocenters. The van der Waals surface area contributed by atoms with Crippen molar-refractivity contribution in [3.05, 3.63) is 56.6 Å². The van der Waals surface area contributed by atoms with Gasteiger partial charge in [-0.15, -0.1) is 0 Å². The van der Waals surface area contributed by atoms with Gasteiger partial charge in [-0.1, -0.05) is 12.1 Å². The zero-order chi connectivity index (χ0) is 15.5. The average Bonchev–Trinajstić information content (AvgIpc) is 2.92. The Kier molecular flexibility index (Phi) is 3.32. The van der Waals surface area contributed by atoms with Gasteiger partial charge < -0.3 is 9.97 Å². The maximum atomic E-state index is 11.5. The molecule has 10 nitrogen and oxygen atoms in total. The lowest BCUT2D eigenvalue weighted by atomic mass is 10.2. The number of aromatic amines is 2. The Bertz CT molecular complexity index is 928. The largest absolute Gasteiger partial charge is 0.317 e. The number of hydrogen-bond acceptors (Lipinski definition) is 7. The molecule has 0 fully saturated rings. The van der Waals surface area contributed by atoms with Crippen LogP contribution in [-0.2, 0) is 0 Å². The summed E-state index contributed by atoms with van der Waals surface area (Å²) in [5, 5.41) is 14.6. The van der Waals surface area contributed by atoms with E-state index in [9.17, 15) is 14.9 Å². The van der Waals surface area contributed by atoms with E-state index in [-0.39, 0.29) is 28.4 Å². The zero-order valence-corrected chi connectivity index (χ0v) is 11.0. The standard InChI is InChI=1S/C12H9N7O3/c20-11-9-10(13-6-14-11)17-12(16-9)18-15-5-7-2-1-3-8(4-7)19(21)22/h1-6H,(H3,13,14,16,17,18,20)/b15-5-. The highest BCUT2D eigenvalue weighted by molar-refractivity contribution is 5.81. The van der Waals surface area contributed by atoms with E-state index < -0.39 is 4.92 Å². The van der Waals surface area contributed by atoms with Crippen LogP contribution in [0.4, 0.5) is 11.6 Å². The number of hydrazone groups is 1. The molecule has 0 aliphatic rings. The Morgan fingerprint density at radius 2 is 2.27 bits per heavy atom. The number of anilines is 1. The smallest absolute Gasteiger partial charge is 0.276 e. The van der Waals surface area contributed by atoms with Crippen molar-refractivity contribution < 1.29 is 4.92 Å². The van der Waals surface area contributed by atoms with Gasteiger partial charge in [0.05, 0.1) is 17.5 Å². The molecule has 2 aromatic heterocycles. The molecule has 3 aromatic rings. The predicted molar refractivity (Wildman–Crippen MR) is 78.8 cm³/mol. The Hall–Kier alpha value is -3.56. The fraction of sp³-hybridized carbons (Fsp3) is 0. The fourth-order valence-corrected chi connectivity index (χ4v) is 1.78. The van der Waals surface area contributed by atoms with E-state index in [1.807, 2.05) is 0 Å². The van der Waals surface area contributed by atoms with Gasteiger partial charge in [-0.3, -0.25) is 14.9 Å². The average molecular weight is 299 g/mol. The third kappa shape index (κ3) is 2.65. The van der Waals surface area contributed by atoms with Crippen LogP contribution < -0.4 is 11.0 Å². The molecular weight excluding hydrogens is 290 g/mol. The Labute approximate surface area is 122 Å². The first-order valence-electron chi connectivity index (χ1n) is 6.10. The van der Waals surface area contributed by atoms with Gasteiger partial charge in [0.25, 0.3) is 11.2 Å². The molecule has 1 aromatic carbocycles. The van der Waals surface area contributed by atoms with Crippen LogP contribution in [0.1, 0.15) is 5.56 Å². The lowest BCUT2D eigenvalue weighted by Crippen LogP contribution is -2.05. The number of benzene rings is 1. The van der Waals surface area contributed by atoms with Crippen LogP contribution >= 0.6 is 0 Å². The number of H-pyrrole nitrogens is 2. The van der Waals surface area contributed by atoms with E-state index in [0.717, 1.165) is 0 Å². The minimum Gasteiger partial charge on any atom is -0.317 e. The normalized spacial score (nSPS) is 11.1. The van der Waals surface area contributed by atoms with Gasteiger partial charge in [-0.05, 0) is 0 Å². The summed E-state index contributed by atoms with van der Waals surface area (Å²) in [7, 11) is 0. The highest BCUT2D eigenvalue weighted by atomic mass is 16.6. The summed E-state index contributed by atoms with van der Waals surface area (Å²) in [6, 6.07) is 6.01. The molecule has 10 heteroatoms. The van der Waals surface area contributed by atoms with Crippen molar-refractivity contribution in [1.82, 2.24) is 19.9 Å². The summed E-state index contributed by atoms with van der Waals surface area (Å²) in [5.41, 5.74) is 3.28. The van der Waals surface area contributed by atoms with Gasteiger partial charge in [-0.25, -0.2) is 10.4 Å². The molecule has 0 unspecified atom stereocenters. The first-order valence-corrected chi connectivity index (χ1v) is 6.10. The van der Waals surface area contributed by atoms with Crippen LogP contribution in [0, 0.1) is 10.1 Å². The van der Waals surface area contributed by atoms with Gasteiger partial charge >= 0.3 is 0 Å². The number of non-ortho nitro benzene ring substituents is 1. The number of imidazole rings is 1. The van der Waals surface area contributed by atoms with E-state index >= 15 is 0 Å². The Morgan fingerprint density at radius 3 is 3.05 bits per heavy atom. The SMILES string of the molecule is O=c1[nH]cnc2nc(N/N=C\c3cccc([N+](=O)[O-])c3)[nH]c12. The van der Waals surface area contributed by atoms with Crippen molar-refractivity contribution in [2.45, 2.75) is 0 Å². The topological polar surface area (TPSA) is 142 Å². The summed E-state index contributed by atoms with van der Waals surface area (Å²) in [4.78, 5) is 34.8. The molecule has 0 radical (unpaired) electrons. The molecule has 0 amide bonds. The number of nitro benzene ring substituents is 1.